The predicted octanol–water partition coefficient (Wildman–Crippen LogP) is 2.94. The number of amides is 1. The molecule has 2 aromatic carbocycles. The Kier molecular flexibility index (Phi) is 5.07. The fourth-order valence-electron chi connectivity index (χ4n) is 3.26. The number of para-hydroxylation sites is 1. The van der Waals surface area contributed by atoms with Gasteiger partial charge in [0.2, 0.25) is 0 Å². The van der Waals surface area contributed by atoms with Crippen molar-refractivity contribution in [3.05, 3.63) is 77.1 Å². The molecule has 1 aliphatic heterocycles. The second-order valence-corrected chi connectivity index (χ2v) is 6.98. The third-order valence-electron chi connectivity index (χ3n) is 4.68. The number of hydrogen-bond donors (Lipinski definition) is 0. The second kappa shape index (κ2) is 7.80. The number of carbonyl (C=O) groups is 1. The van der Waals surface area contributed by atoms with Gasteiger partial charge in [-0.05, 0) is 29.8 Å². The van der Waals surface area contributed by atoms with Crippen LogP contribution in [0.5, 0.6) is 0 Å². The minimum Gasteiger partial charge on any atom is -0.368 e. The molecule has 27 heavy (non-hydrogen) atoms. The van der Waals surface area contributed by atoms with E-state index in [1.165, 1.54) is 5.69 Å². The summed E-state index contributed by atoms with van der Waals surface area (Å²) in [5.41, 5.74) is 2.59. The molecule has 0 spiro atoms. The number of anilines is 1. The maximum absolute atomic E-state index is 12.7. The van der Waals surface area contributed by atoms with Gasteiger partial charge in [0.05, 0.1) is 12.7 Å². The first-order valence-corrected chi connectivity index (χ1v) is 9.31. The molecule has 138 valence electrons. The second-order valence-electron chi connectivity index (χ2n) is 6.55. The highest BCUT2D eigenvalue weighted by molar-refractivity contribution is 6.30. The third-order valence-corrected chi connectivity index (χ3v) is 4.91. The van der Waals surface area contributed by atoms with Gasteiger partial charge in [-0.25, -0.2) is 4.68 Å². The van der Waals surface area contributed by atoms with Crippen molar-refractivity contribution in [1.82, 2.24) is 19.9 Å². The Labute approximate surface area is 163 Å². The van der Waals surface area contributed by atoms with Gasteiger partial charge in [0.25, 0.3) is 5.91 Å². The van der Waals surface area contributed by atoms with E-state index in [0.29, 0.717) is 30.4 Å². The van der Waals surface area contributed by atoms with Gasteiger partial charge in [0.15, 0.2) is 5.69 Å². The number of benzene rings is 2. The van der Waals surface area contributed by atoms with E-state index in [9.17, 15) is 4.79 Å². The zero-order chi connectivity index (χ0) is 18.6. The van der Waals surface area contributed by atoms with Crippen LogP contribution in [-0.4, -0.2) is 52.0 Å². The number of rotatable bonds is 4. The normalized spacial score (nSPS) is 14.4. The molecular weight excluding hydrogens is 362 g/mol. The molecule has 6 nitrogen and oxygen atoms in total. The molecule has 1 aromatic heterocycles. The molecule has 0 saturated carbocycles. The molecular formula is C20H20ClN5O. The van der Waals surface area contributed by atoms with Crippen LogP contribution < -0.4 is 4.90 Å². The van der Waals surface area contributed by atoms with Crippen molar-refractivity contribution in [2.24, 2.45) is 0 Å². The summed E-state index contributed by atoms with van der Waals surface area (Å²) < 4.78 is 1.67. The van der Waals surface area contributed by atoms with E-state index in [1.54, 1.807) is 10.9 Å². The van der Waals surface area contributed by atoms with E-state index in [1.807, 2.05) is 47.4 Å². The molecule has 2 heterocycles. The van der Waals surface area contributed by atoms with Crippen molar-refractivity contribution in [2.75, 3.05) is 31.1 Å². The first-order valence-electron chi connectivity index (χ1n) is 8.93. The van der Waals surface area contributed by atoms with Gasteiger partial charge in [0, 0.05) is 36.9 Å². The first kappa shape index (κ1) is 17.5. The fourth-order valence-corrected chi connectivity index (χ4v) is 3.48. The molecule has 0 aliphatic carbocycles. The van der Waals surface area contributed by atoms with Gasteiger partial charge < -0.3 is 9.80 Å². The van der Waals surface area contributed by atoms with Crippen molar-refractivity contribution < 1.29 is 4.79 Å². The van der Waals surface area contributed by atoms with Crippen molar-refractivity contribution in [3.63, 3.8) is 0 Å². The molecule has 1 amide bonds. The number of aromatic nitrogens is 3. The minimum atomic E-state index is -0.0694. The Morgan fingerprint density at radius 2 is 1.78 bits per heavy atom. The van der Waals surface area contributed by atoms with Crippen LogP contribution in [0.3, 0.4) is 0 Å². The van der Waals surface area contributed by atoms with Crippen LogP contribution in [-0.2, 0) is 6.54 Å². The summed E-state index contributed by atoms with van der Waals surface area (Å²) in [7, 11) is 0. The number of hydrogen-bond acceptors (Lipinski definition) is 4. The van der Waals surface area contributed by atoms with Crippen LogP contribution in [0.4, 0.5) is 5.69 Å². The maximum Gasteiger partial charge on any atom is 0.276 e. The summed E-state index contributed by atoms with van der Waals surface area (Å²) in [4.78, 5) is 16.9. The minimum absolute atomic E-state index is 0.0694. The first-order chi connectivity index (χ1) is 13.2. The third kappa shape index (κ3) is 4.11. The van der Waals surface area contributed by atoms with Gasteiger partial charge in [0.1, 0.15) is 0 Å². The molecule has 0 radical (unpaired) electrons. The standard InChI is InChI=1S/C20H20ClN5O/c21-17-6-4-5-16(13-17)14-26-15-19(22-23-26)20(27)25-11-9-24(10-12-25)18-7-2-1-3-8-18/h1-8,13,15H,9-12,14H2. The Bertz CT molecular complexity index is 919. The van der Waals surface area contributed by atoms with Gasteiger partial charge in [-0.3, -0.25) is 4.79 Å². The van der Waals surface area contributed by atoms with E-state index in [0.717, 1.165) is 18.7 Å². The lowest BCUT2D eigenvalue weighted by molar-refractivity contribution is 0.0740. The van der Waals surface area contributed by atoms with E-state index in [2.05, 4.69) is 27.3 Å². The van der Waals surface area contributed by atoms with Gasteiger partial charge in [-0.1, -0.05) is 47.1 Å². The van der Waals surface area contributed by atoms with Crippen LogP contribution in [0.1, 0.15) is 16.1 Å². The van der Waals surface area contributed by atoms with Crippen molar-refractivity contribution in [1.29, 1.82) is 0 Å². The summed E-state index contributed by atoms with van der Waals surface area (Å²) in [6, 6.07) is 17.8. The average molecular weight is 382 g/mol. The molecule has 0 unspecified atom stereocenters. The Balaban J connectivity index is 1.37. The highest BCUT2D eigenvalue weighted by atomic mass is 35.5. The van der Waals surface area contributed by atoms with Gasteiger partial charge >= 0.3 is 0 Å². The zero-order valence-electron chi connectivity index (χ0n) is 14.8. The summed E-state index contributed by atoms with van der Waals surface area (Å²) in [6.45, 7) is 3.51. The van der Waals surface area contributed by atoms with E-state index in [-0.39, 0.29) is 5.91 Å². The molecule has 4 rings (SSSR count). The lowest BCUT2D eigenvalue weighted by Crippen LogP contribution is -2.48. The molecule has 0 atom stereocenters. The van der Waals surface area contributed by atoms with Crippen molar-refractivity contribution >= 4 is 23.2 Å². The largest absolute Gasteiger partial charge is 0.368 e. The topological polar surface area (TPSA) is 54.3 Å². The average Bonchev–Trinajstić information content (AvgIpc) is 3.17. The van der Waals surface area contributed by atoms with Crippen LogP contribution in [0.2, 0.25) is 5.02 Å². The molecule has 1 saturated heterocycles. The molecule has 1 fully saturated rings. The number of nitrogens with zero attached hydrogens (tertiary/aromatic N) is 5. The number of halogens is 1. The SMILES string of the molecule is O=C(c1cn(Cc2cccc(Cl)c2)nn1)N1CCN(c2ccccc2)CC1. The Morgan fingerprint density at radius 1 is 1.00 bits per heavy atom. The van der Waals surface area contributed by atoms with Gasteiger partial charge in [-0.15, -0.1) is 5.10 Å². The van der Waals surface area contributed by atoms with Crippen LogP contribution >= 0.6 is 11.6 Å². The highest BCUT2D eigenvalue weighted by Gasteiger charge is 2.24. The van der Waals surface area contributed by atoms with Gasteiger partial charge in [-0.2, -0.15) is 0 Å². The van der Waals surface area contributed by atoms with Crippen LogP contribution in [0.25, 0.3) is 0 Å². The smallest absolute Gasteiger partial charge is 0.276 e. The van der Waals surface area contributed by atoms with Crippen LogP contribution in [0, 0.1) is 0 Å². The van der Waals surface area contributed by atoms with E-state index in [4.69, 9.17) is 11.6 Å². The Hall–Kier alpha value is -2.86. The van der Waals surface area contributed by atoms with Crippen LogP contribution in [0.15, 0.2) is 60.8 Å². The summed E-state index contributed by atoms with van der Waals surface area (Å²) in [6.07, 6.45) is 1.70. The predicted molar refractivity (Wildman–Crippen MR) is 105 cm³/mol. The van der Waals surface area contributed by atoms with Crippen molar-refractivity contribution in [3.8, 4) is 0 Å². The molecule has 7 heteroatoms. The molecule has 0 N–H and O–H groups in total. The monoisotopic (exact) mass is 381 g/mol. The lowest BCUT2D eigenvalue weighted by Gasteiger charge is -2.35. The van der Waals surface area contributed by atoms with Crippen molar-refractivity contribution in [2.45, 2.75) is 6.54 Å². The fraction of sp³-hybridized carbons (Fsp3) is 0.250. The quantitative estimate of drug-likeness (QED) is 0.697. The Morgan fingerprint density at radius 3 is 2.52 bits per heavy atom. The molecule has 1 aliphatic rings. The zero-order valence-corrected chi connectivity index (χ0v) is 15.6. The van der Waals surface area contributed by atoms with E-state index >= 15 is 0 Å². The molecule has 0 bridgehead atoms. The van der Waals surface area contributed by atoms with E-state index < -0.39 is 0 Å². The highest BCUT2D eigenvalue weighted by Crippen LogP contribution is 2.17. The maximum atomic E-state index is 12.7. The summed E-state index contributed by atoms with van der Waals surface area (Å²) in [5.74, 6) is -0.0694. The molecule has 3 aromatic rings. The summed E-state index contributed by atoms with van der Waals surface area (Å²) >= 11 is 6.01. The number of carbonyl (C=O) groups excluding carboxylic acids is 1. The lowest BCUT2D eigenvalue weighted by atomic mass is 10.2. The number of piperazine rings is 1. The summed E-state index contributed by atoms with van der Waals surface area (Å²) in [5, 5.41) is 8.83.